The zero-order valence-electron chi connectivity index (χ0n) is 22.7. The van der Waals surface area contributed by atoms with Crippen LogP contribution in [0.2, 0.25) is 0 Å². The molecule has 0 aliphatic carbocycles. The molecule has 0 spiro atoms. The van der Waals surface area contributed by atoms with Crippen molar-refractivity contribution < 1.29 is 28.7 Å². The van der Waals surface area contributed by atoms with Crippen molar-refractivity contribution in [1.82, 2.24) is 19.6 Å². The molecular formula is C26H32N6O6. The van der Waals surface area contributed by atoms with Crippen molar-refractivity contribution in [3.05, 3.63) is 58.9 Å². The normalized spacial score (nSPS) is 11.7. The average molecular weight is 525 g/mol. The predicted molar refractivity (Wildman–Crippen MR) is 139 cm³/mol. The van der Waals surface area contributed by atoms with Crippen LogP contribution in [0, 0.1) is 13.8 Å². The van der Waals surface area contributed by atoms with Gasteiger partial charge in [0.2, 0.25) is 5.91 Å². The van der Waals surface area contributed by atoms with E-state index in [2.05, 4.69) is 10.2 Å². The van der Waals surface area contributed by atoms with E-state index in [1.165, 1.54) is 36.4 Å². The van der Waals surface area contributed by atoms with E-state index in [1.54, 1.807) is 55.4 Å². The fourth-order valence-electron chi connectivity index (χ4n) is 3.35. The van der Waals surface area contributed by atoms with E-state index in [9.17, 15) is 19.2 Å². The van der Waals surface area contributed by atoms with Gasteiger partial charge in [0, 0.05) is 23.3 Å². The number of aromatic nitrogens is 4. The summed E-state index contributed by atoms with van der Waals surface area (Å²) in [6.07, 6.45) is -1.45. The Morgan fingerprint density at radius 2 is 1.11 bits per heavy atom. The highest BCUT2D eigenvalue weighted by molar-refractivity contribution is 6.10. The van der Waals surface area contributed by atoms with Crippen LogP contribution in [-0.2, 0) is 9.47 Å². The highest BCUT2D eigenvalue weighted by atomic mass is 16.6. The number of ether oxygens (including phenoxy) is 2. The van der Waals surface area contributed by atoms with Crippen LogP contribution in [0.1, 0.15) is 73.6 Å². The number of amides is 2. The predicted octanol–water partition coefficient (Wildman–Crippen LogP) is 4.34. The monoisotopic (exact) mass is 524 g/mol. The first-order valence-corrected chi connectivity index (χ1v) is 11.8. The number of primary amides is 1. The van der Waals surface area contributed by atoms with E-state index in [-0.39, 0.29) is 22.8 Å². The smallest absolute Gasteiger partial charge is 0.435 e. The number of carbonyl (C=O) groups excluding carboxylic acids is 4. The molecule has 2 aromatic heterocycles. The van der Waals surface area contributed by atoms with Crippen molar-refractivity contribution in [2.24, 2.45) is 5.73 Å². The number of nitrogens with two attached hydrogens (primary N) is 1. The summed E-state index contributed by atoms with van der Waals surface area (Å²) >= 11 is 0. The molecule has 0 atom stereocenters. The molecule has 2 amide bonds. The molecule has 12 heteroatoms. The Balaban J connectivity index is 2.11. The Morgan fingerprint density at radius 3 is 1.45 bits per heavy atom. The topological polar surface area (TPSA) is 152 Å². The van der Waals surface area contributed by atoms with Gasteiger partial charge in [-0.05, 0) is 79.7 Å². The highest BCUT2D eigenvalue weighted by Gasteiger charge is 2.30. The standard InChI is InChI=1S/C26H32N6O6/c1-15-13-19(28-31(15)23(35)37-25(3,4)5)30(22(34)18-11-9-17(10-12-18)21(27)33)20-14-16(2)32(29-20)24(36)38-26(6,7)8/h9-14H,1-8H3,(H2,27,33). The molecule has 3 rings (SSSR count). The third-order valence-electron chi connectivity index (χ3n) is 4.96. The molecular weight excluding hydrogens is 492 g/mol. The lowest BCUT2D eigenvalue weighted by Gasteiger charge is -2.20. The van der Waals surface area contributed by atoms with Crippen molar-refractivity contribution in [3.8, 4) is 0 Å². The van der Waals surface area contributed by atoms with Crippen molar-refractivity contribution in [2.75, 3.05) is 4.90 Å². The Morgan fingerprint density at radius 1 is 0.737 bits per heavy atom. The van der Waals surface area contributed by atoms with E-state index < -0.39 is 35.2 Å². The van der Waals surface area contributed by atoms with E-state index in [4.69, 9.17) is 15.2 Å². The number of hydrogen-bond acceptors (Lipinski definition) is 8. The summed E-state index contributed by atoms with van der Waals surface area (Å²) in [5.41, 5.74) is 5.00. The van der Waals surface area contributed by atoms with Crippen LogP contribution in [0.3, 0.4) is 0 Å². The number of rotatable bonds is 4. The van der Waals surface area contributed by atoms with Crippen LogP contribution in [0.4, 0.5) is 21.2 Å². The molecule has 0 unspecified atom stereocenters. The molecule has 1 aromatic carbocycles. The van der Waals surface area contributed by atoms with Crippen LogP contribution in [0.15, 0.2) is 36.4 Å². The number of aryl methyl sites for hydroxylation is 2. The molecule has 202 valence electrons. The fourth-order valence-corrected chi connectivity index (χ4v) is 3.35. The molecule has 0 radical (unpaired) electrons. The van der Waals surface area contributed by atoms with E-state index in [0.717, 1.165) is 14.3 Å². The molecule has 0 saturated carbocycles. The third-order valence-corrected chi connectivity index (χ3v) is 4.96. The van der Waals surface area contributed by atoms with Gasteiger partial charge in [-0.15, -0.1) is 10.2 Å². The largest absolute Gasteiger partial charge is 0.442 e. The SMILES string of the molecule is Cc1cc(N(C(=O)c2ccc(C(N)=O)cc2)c2cc(C)n(C(=O)OC(C)(C)C)n2)nn1C(=O)OC(C)(C)C. The van der Waals surface area contributed by atoms with Crippen molar-refractivity contribution in [1.29, 1.82) is 0 Å². The van der Waals surface area contributed by atoms with Gasteiger partial charge >= 0.3 is 12.2 Å². The van der Waals surface area contributed by atoms with Gasteiger partial charge in [-0.1, -0.05) is 0 Å². The second-order valence-corrected chi connectivity index (χ2v) is 10.7. The van der Waals surface area contributed by atoms with Gasteiger partial charge in [0.1, 0.15) is 11.2 Å². The highest BCUT2D eigenvalue weighted by Crippen LogP contribution is 2.28. The van der Waals surface area contributed by atoms with E-state index >= 15 is 0 Å². The molecule has 3 aromatic rings. The zero-order chi connectivity index (χ0) is 28.6. The van der Waals surface area contributed by atoms with Crippen LogP contribution in [0.5, 0.6) is 0 Å². The fraction of sp³-hybridized carbons (Fsp3) is 0.385. The first-order chi connectivity index (χ1) is 17.5. The number of carbonyl (C=O) groups is 4. The quantitative estimate of drug-likeness (QED) is 0.529. The first-order valence-electron chi connectivity index (χ1n) is 11.8. The summed E-state index contributed by atoms with van der Waals surface area (Å²) in [6.45, 7) is 13.6. The van der Waals surface area contributed by atoms with Gasteiger partial charge in [-0.25, -0.2) is 14.5 Å². The lowest BCUT2D eigenvalue weighted by atomic mass is 10.1. The van der Waals surface area contributed by atoms with Crippen molar-refractivity contribution in [2.45, 2.75) is 66.6 Å². The zero-order valence-corrected chi connectivity index (χ0v) is 22.7. The maximum atomic E-state index is 13.7. The van der Waals surface area contributed by atoms with Crippen LogP contribution >= 0.6 is 0 Å². The summed E-state index contributed by atoms with van der Waals surface area (Å²) in [7, 11) is 0. The minimum absolute atomic E-state index is 0.0613. The number of nitrogens with zero attached hydrogens (tertiary/aromatic N) is 5. The molecule has 2 heterocycles. The Hall–Kier alpha value is -4.48. The van der Waals surface area contributed by atoms with Gasteiger partial charge in [-0.2, -0.15) is 9.36 Å². The van der Waals surface area contributed by atoms with Gasteiger partial charge < -0.3 is 15.2 Å². The van der Waals surface area contributed by atoms with Crippen molar-refractivity contribution >= 4 is 35.6 Å². The summed E-state index contributed by atoms with van der Waals surface area (Å²) in [5.74, 6) is -1.10. The van der Waals surface area contributed by atoms with Crippen LogP contribution in [-0.4, -0.2) is 54.8 Å². The first kappa shape index (κ1) is 28.1. The van der Waals surface area contributed by atoms with Gasteiger partial charge in [0.15, 0.2) is 11.6 Å². The van der Waals surface area contributed by atoms with Crippen LogP contribution in [0.25, 0.3) is 0 Å². The lowest BCUT2D eigenvalue weighted by molar-refractivity contribution is 0.0501. The van der Waals surface area contributed by atoms with Crippen molar-refractivity contribution in [3.63, 3.8) is 0 Å². The molecule has 0 saturated heterocycles. The maximum Gasteiger partial charge on any atom is 0.435 e. The summed E-state index contributed by atoms with van der Waals surface area (Å²) in [6, 6.07) is 8.74. The molecule has 0 fully saturated rings. The second kappa shape index (κ2) is 10.1. The van der Waals surface area contributed by atoms with Gasteiger partial charge in [-0.3, -0.25) is 9.59 Å². The Labute approximate surface area is 220 Å². The summed E-state index contributed by atoms with van der Waals surface area (Å²) < 4.78 is 12.9. The minimum Gasteiger partial charge on any atom is -0.442 e. The van der Waals surface area contributed by atoms with Gasteiger partial charge in [0.25, 0.3) is 5.91 Å². The minimum atomic E-state index is -0.767. The van der Waals surface area contributed by atoms with E-state index in [0.29, 0.717) is 11.4 Å². The maximum absolute atomic E-state index is 13.7. The molecule has 12 nitrogen and oxygen atoms in total. The number of hydrogen-bond donors (Lipinski definition) is 1. The third kappa shape index (κ3) is 6.44. The number of benzene rings is 1. The average Bonchev–Trinajstić information content (AvgIpc) is 3.34. The molecule has 2 N–H and O–H groups in total. The van der Waals surface area contributed by atoms with Gasteiger partial charge in [0.05, 0.1) is 11.4 Å². The number of anilines is 2. The Kier molecular flexibility index (Phi) is 7.48. The molecule has 38 heavy (non-hydrogen) atoms. The van der Waals surface area contributed by atoms with Crippen LogP contribution < -0.4 is 10.6 Å². The summed E-state index contributed by atoms with van der Waals surface area (Å²) in [4.78, 5) is 51.8. The molecule has 0 aliphatic heterocycles. The lowest BCUT2D eigenvalue weighted by Crippen LogP contribution is -2.30. The molecule has 0 aliphatic rings. The van der Waals surface area contributed by atoms with E-state index in [1.807, 2.05) is 0 Å². The second-order valence-electron chi connectivity index (χ2n) is 10.7. The Bertz CT molecular complexity index is 1320. The summed E-state index contributed by atoms with van der Waals surface area (Å²) in [5, 5.41) is 8.63. The molecule has 0 bridgehead atoms.